The van der Waals surface area contributed by atoms with Crippen LogP contribution < -0.4 is 10.6 Å². The van der Waals surface area contributed by atoms with Gasteiger partial charge in [-0.2, -0.15) is 0 Å². The van der Waals surface area contributed by atoms with E-state index < -0.39 is 0 Å². The molecule has 1 aromatic heterocycles. The third-order valence-corrected chi connectivity index (χ3v) is 3.25. The molecule has 1 aliphatic rings. The number of piperidine rings is 1. The smallest absolute Gasteiger partial charge is 0.240 e. The quantitative estimate of drug-likeness (QED) is 0.832. The maximum absolute atomic E-state index is 11.8. The normalized spacial score (nSPS) is 19.6. The Bertz CT molecular complexity index is 413. The number of nitrogens with zero attached hydrogens (tertiary/aromatic N) is 2. The van der Waals surface area contributed by atoms with Gasteiger partial charge in [0.2, 0.25) is 11.8 Å². The molecular weight excluding hydrogens is 244 g/mol. The standard InChI is InChI=1S/C13H22N4O2/c1-10-7-13(19-16-10)15-12(18)9-17(2)8-11-5-3-4-6-14-11/h7,11,14H,3-6,8-9H2,1-2H3,(H,15,18). The van der Waals surface area contributed by atoms with Crippen LogP contribution in [-0.4, -0.2) is 48.7 Å². The number of aryl methyl sites for hydroxylation is 1. The predicted molar refractivity (Wildman–Crippen MR) is 73.0 cm³/mol. The predicted octanol–water partition coefficient (Wildman–Crippen LogP) is 0.995. The van der Waals surface area contributed by atoms with Crippen molar-refractivity contribution in [2.75, 3.05) is 32.0 Å². The van der Waals surface area contributed by atoms with Crippen molar-refractivity contribution >= 4 is 11.8 Å². The van der Waals surface area contributed by atoms with Gasteiger partial charge in [0.05, 0.1) is 12.2 Å². The molecule has 2 N–H and O–H groups in total. The Labute approximate surface area is 113 Å². The average Bonchev–Trinajstić information content (AvgIpc) is 2.75. The molecule has 0 radical (unpaired) electrons. The van der Waals surface area contributed by atoms with Crippen LogP contribution in [0, 0.1) is 6.92 Å². The second kappa shape index (κ2) is 6.68. The van der Waals surface area contributed by atoms with Crippen LogP contribution in [0.25, 0.3) is 0 Å². The molecule has 1 atom stereocenters. The molecule has 6 heteroatoms. The largest absolute Gasteiger partial charge is 0.338 e. The Morgan fingerprint density at radius 1 is 1.63 bits per heavy atom. The number of likely N-dealkylation sites (N-methyl/N-ethyl adjacent to an activating group) is 1. The SMILES string of the molecule is Cc1cc(NC(=O)CN(C)CC2CCCCN2)on1. The fraction of sp³-hybridized carbons (Fsp3) is 0.692. The van der Waals surface area contributed by atoms with Gasteiger partial charge in [0.1, 0.15) is 0 Å². The molecule has 0 spiro atoms. The van der Waals surface area contributed by atoms with Crippen LogP contribution in [0.1, 0.15) is 25.0 Å². The van der Waals surface area contributed by atoms with Gasteiger partial charge >= 0.3 is 0 Å². The molecule has 19 heavy (non-hydrogen) atoms. The minimum Gasteiger partial charge on any atom is -0.338 e. The zero-order chi connectivity index (χ0) is 13.7. The molecule has 2 rings (SSSR count). The lowest BCUT2D eigenvalue weighted by atomic mass is 10.0. The van der Waals surface area contributed by atoms with Gasteiger partial charge in [-0.05, 0) is 33.4 Å². The number of carbonyl (C=O) groups is 1. The molecule has 1 amide bonds. The van der Waals surface area contributed by atoms with Crippen molar-refractivity contribution in [3.05, 3.63) is 11.8 Å². The van der Waals surface area contributed by atoms with Gasteiger partial charge < -0.3 is 9.84 Å². The highest BCUT2D eigenvalue weighted by Crippen LogP contribution is 2.09. The molecule has 0 bridgehead atoms. The van der Waals surface area contributed by atoms with E-state index in [1.54, 1.807) is 6.07 Å². The van der Waals surface area contributed by atoms with Crippen molar-refractivity contribution in [1.82, 2.24) is 15.4 Å². The van der Waals surface area contributed by atoms with E-state index in [0.717, 1.165) is 18.8 Å². The fourth-order valence-corrected chi connectivity index (χ4v) is 2.37. The van der Waals surface area contributed by atoms with E-state index in [9.17, 15) is 4.79 Å². The summed E-state index contributed by atoms with van der Waals surface area (Å²) in [5, 5.41) is 9.90. The third kappa shape index (κ3) is 4.65. The first-order valence-electron chi connectivity index (χ1n) is 6.78. The van der Waals surface area contributed by atoms with Crippen molar-refractivity contribution in [2.45, 2.75) is 32.2 Å². The Kier molecular flexibility index (Phi) is 4.93. The highest BCUT2D eigenvalue weighted by Gasteiger charge is 2.16. The number of hydrogen-bond donors (Lipinski definition) is 2. The second-order valence-corrected chi connectivity index (χ2v) is 5.22. The van der Waals surface area contributed by atoms with Crippen LogP contribution in [0.3, 0.4) is 0 Å². The number of amides is 1. The molecule has 1 aliphatic heterocycles. The lowest BCUT2D eigenvalue weighted by Crippen LogP contribution is -2.44. The maximum Gasteiger partial charge on any atom is 0.240 e. The molecular formula is C13H22N4O2. The van der Waals surface area contributed by atoms with E-state index >= 15 is 0 Å². The van der Waals surface area contributed by atoms with Crippen molar-refractivity contribution in [1.29, 1.82) is 0 Å². The summed E-state index contributed by atoms with van der Waals surface area (Å²) in [5.41, 5.74) is 0.759. The van der Waals surface area contributed by atoms with Gasteiger partial charge in [0, 0.05) is 18.7 Å². The Hall–Kier alpha value is -1.40. The van der Waals surface area contributed by atoms with Crippen LogP contribution in [0.5, 0.6) is 0 Å². The fourth-order valence-electron chi connectivity index (χ4n) is 2.37. The summed E-state index contributed by atoms with van der Waals surface area (Å²) in [4.78, 5) is 13.8. The van der Waals surface area contributed by atoms with Crippen molar-refractivity contribution in [3.8, 4) is 0 Å². The van der Waals surface area contributed by atoms with Crippen molar-refractivity contribution < 1.29 is 9.32 Å². The van der Waals surface area contributed by atoms with Crippen molar-refractivity contribution in [3.63, 3.8) is 0 Å². The summed E-state index contributed by atoms with van der Waals surface area (Å²) in [6, 6.07) is 2.21. The van der Waals surface area contributed by atoms with Crippen LogP contribution in [0.4, 0.5) is 5.88 Å². The third-order valence-electron chi connectivity index (χ3n) is 3.25. The minimum atomic E-state index is -0.0746. The van der Waals surface area contributed by atoms with Gasteiger partial charge in [-0.1, -0.05) is 11.6 Å². The summed E-state index contributed by atoms with van der Waals surface area (Å²) in [6.45, 7) is 4.16. The van der Waals surface area contributed by atoms with Gasteiger partial charge in [-0.15, -0.1) is 0 Å². The maximum atomic E-state index is 11.8. The van der Waals surface area contributed by atoms with E-state index in [-0.39, 0.29) is 5.91 Å². The molecule has 1 aromatic rings. The van der Waals surface area contributed by atoms with E-state index in [1.165, 1.54) is 19.3 Å². The summed E-state index contributed by atoms with van der Waals surface area (Å²) < 4.78 is 4.95. The Balaban J connectivity index is 1.71. The number of nitrogens with one attached hydrogen (secondary N) is 2. The van der Waals surface area contributed by atoms with Gasteiger partial charge in [0.25, 0.3) is 0 Å². The summed E-state index contributed by atoms with van der Waals surface area (Å²) >= 11 is 0. The Morgan fingerprint density at radius 2 is 2.47 bits per heavy atom. The lowest BCUT2D eigenvalue weighted by Gasteiger charge is -2.27. The van der Waals surface area contributed by atoms with E-state index in [1.807, 2.05) is 18.9 Å². The van der Waals surface area contributed by atoms with E-state index in [4.69, 9.17) is 4.52 Å². The second-order valence-electron chi connectivity index (χ2n) is 5.22. The number of hydrogen-bond acceptors (Lipinski definition) is 5. The summed E-state index contributed by atoms with van der Waals surface area (Å²) in [5.74, 6) is 0.334. The highest BCUT2D eigenvalue weighted by atomic mass is 16.5. The lowest BCUT2D eigenvalue weighted by molar-refractivity contribution is -0.117. The van der Waals surface area contributed by atoms with Crippen LogP contribution in [0.15, 0.2) is 10.6 Å². The van der Waals surface area contributed by atoms with Gasteiger partial charge in [-0.25, -0.2) is 0 Å². The molecule has 0 saturated carbocycles. The van der Waals surface area contributed by atoms with Crippen molar-refractivity contribution in [2.24, 2.45) is 0 Å². The van der Waals surface area contributed by atoms with Gasteiger partial charge in [0.15, 0.2) is 0 Å². The van der Waals surface area contributed by atoms with Gasteiger partial charge in [-0.3, -0.25) is 15.0 Å². The van der Waals surface area contributed by atoms with E-state index in [0.29, 0.717) is 18.5 Å². The zero-order valence-electron chi connectivity index (χ0n) is 11.6. The number of rotatable bonds is 5. The number of carbonyl (C=O) groups excluding carboxylic acids is 1. The summed E-state index contributed by atoms with van der Waals surface area (Å²) in [6.07, 6.45) is 3.72. The topological polar surface area (TPSA) is 70.4 Å². The molecule has 6 nitrogen and oxygen atoms in total. The zero-order valence-corrected chi connectivity index (χ0v) is 11.6. The average molecular weight is 266 g/mol. The van der Waals surface area contributed by atoms with E-state index in [2.05, 4.69) is 15.8 Å². The first-order valence-corrected chi connectivity index (χ1v) is 6.78. The Morgan fingerprint density at radius 3 is 3.11 bits per heavy atom. The number of anilines is 1. The first kappa shape index (κ1) is 14.0. The van der Waals surface area contributed by atoms with Crippen LogP contribution in [0.2, 0.25) is 0 Å². The molecule has 0 aromatic carbocycles. The summed E-state index contributed by atoms with van der Waals surface area (Å²) in [7, 11) is 1.96. The molecule has 1 unspecified atom stereocenters. The van der Waals surface area contributed by atoms with Crippen LogP contribution in [-0.2, 0) is 4.79 Å². The highest BCUT2D eigenvalue weighted by molar-refractivity contribution is 5.90. The molecule has 1 fully saturated rings. The molecule has 0 aliphatic carbocycles. The first-order chi connectivity index (χ1) is 9.13. The van der Waals surface area contributed by atoms with Crippen LogP contribution >= 0.6 is 0 Å². The minimum absolute atomic E-state index is 0.0746. The molecule has 1 saturated heterocycles. The molecule has 2 heterocycles. The molecule has 106 valence electrons. The monoisotopic (exact) mass is 266 g/mol. The number of aromatic nitrogens is 1.